The van der Waals surface area contributed by atoms with Crippen LogP contribution < -0.4 is 4.90 Å². The first-order valence-electron chi connectivity index (χ1n) is 8.39. The Morgan fingerprint density at radius 2 is 2.09 bits per heavy atom. The van der Waals surface area contributed by atoms with Gasteiger partial charge in [-0.1, -0.05) is 13.3 Å². The molecule has 0 saturated carbocycles. The van der Waals surface area contributed by atoms with Gasteiger partial charge in [0.05, 0.1) is 31.0 Å². The maximum atomic E-state index is 5.70. The van der Waals surface area contributed by atoms with Crippen molar-refractivity contribution in [3.05, 3.63) is 29.7 Å². The van der Waals surface area contributed by atoms with Gasteiger partial charge in [0, 0.05) is 18.0 Å². The van der Waals surface area contributed by atoms with Crippen LogP contribution in [0.1, 0.15) is 44.0 Å². The SMILES string of the molecule is CCCCc1cc(N2C3CCC2COC3)nc(C)cc[nH]n1. The summed E-state index contributed by atoms with van der Waals surface area (Å²) in [6.07, 6.45) is 7.55. The van der Waals surface area contributed by atoms with Crippen LogP contribution in [0.5, 0.6) is 0 Å². The first-order valence-corrected chi connectivity index (χ1v) is 8.39. The van der Waals surface area contributed by atoms with Gasteiger partial charge in [-0.2, -0.15) is 5.10 Å². The van der Waals surface area contributed by atoms with Crippen molar-refractivity contribution in [3.63, 3.8) is 0 Å². The second kappa shape index (κ2) is 7.09. The molecular weight excluding hydrogens is 276 g/mol. The predicted octanol–water partition coefficient (Wildman–Crippen LogP) is 2.95. The van der Waals surface area contributed by atoms with E-state index in [4.69, 9.17) is 9.72 Å². The largest absolute Gasteiger partial charge is 0.377 e. The molecule has 2 atom stereocenters. The van der Waals surface area contributed by atoms with Gasteiger partial charge in [-0.3, -0.25) is 5.10 Å². The fraction of sp³-hybridized carbons (Fsp3) is 0.647. The lowest BCUT2D eigenvalue weighted by Crippen LogP contribution is -2.46. The zero-order valence-corrected chi connectivity index (χ0v) is 13.6. The molecule has 22 heavy (non-hydrogen) atoms. The van der Waals surface area contributed by atoms with E-state index in [9.17, 15) is 0 Å². The molecular formula is C17H26N4O. The first-order chi connectivity index (χ1) is 10.8. The summed E-state index contributed by atoms with van der Waals surface area (Å²) >= 11 is 0. The van der Waals surface area contributed by atoms with Crippen LogP contribution in [0.3, 0.4) is 0 Å². The first kappa shape index (κ1) is 15.3. The number of ether oxygens (including phenoxy) is 1. The molecule has 1 aromatic rings. The van der Waals surface area contributed by atoms with Crippen LogP contribution in [0.2, 0.25) is 0 Å². The van der Waals surface area contributed by atoms with Crippen LogP contribution in [0, 0.1) is 6.92 Å². The maximum Gasteiger partial charge on any atom is 0.131 e. The minimum absolute atomic E-state index is 0.465. The lowest BCUT2D eigenvalue weighted by molar-refractivity contribution is 0.0902. The minimum Gasteiger partial charge on any atom is -0.377 e. The number of aromatic amines is 1. The van der Waals surface area contributed by atoms with E-state index in [1.807, 2.05) is 19.2 Å². The molecule has 1 aromatic heterocycles. The van der Waals surface area contributed by atoms with Crippen molar-refractivity contribution in [2.75, 3.05) is 18.1 Å². The molecule has 3 heterocycles. The van der Waals surface area contributed by atoms with Gasteiger partial charge in [0.25, 0.3) is 0 Å². The second-order valence-corrected chi connectivity index (χ2v) is 6.25. The zero-order chi connectivity index (χ0) is 15.4. The van der Waals surface area contributed by atoms with Gasteiger partial charge in [0.15, 0.2) is 0 Å². The molecule has 0 radical (unpaired) electrons. The molecule has 2 saturated heterocycles. The summed E-state index contributed by atoms with van der Waals surface area (Å²) in [6, 6.07) is 5.07. The Morgan fingerprint density at radius 1 is 1.32 bits per heavy atom. The molecule has 2 bridgehead atoms. The van der Waals surface area contributed by atoms with Crippen LogP contribution in [-0.2, 0) is 11.2 Å². The van der Waals surface area contributed by atoms with Crippen molar-refractivity contribution in [1.29, 1.82) is 0 Å². The third-order valence-corrected chi connectivity index (χ3v) is 4.49. The number of rotatable bonds is 4. The van der Waals surface area contributed by atoms with Crippen molar-refractivity contribution in [2.24, 2.45) is 0 Å². The number of morpholine rings is 1. The minimum atomic E-state index is 0.465. The number of unbranched alkanes of at least 4 members (excludes halogenated alkanes) is 1. The Hall–Kier alpha value is -1.62. The van der Waals surface area contributed by atoms with Gasteiger partial charge in [-0.25, -0.2) is 4.98 Å². The van der Waals surface area contributed by atoms with E-state index in [1.54, 1.807) is 0 Å². The Bertz CT molecular complexity index is 540. The number of nitrogens with one attached hydrogen (secondary N) is 1. The van der Waals surface area contributed by atoms with E-state index in [2.05, 4.69) is 28.1 Å². The molecule has 5 nitrogen and oxygen atoms in total. The fourth-order valence-corrected chi connectivity index (χ4v) is 3.33. The van der Waals surface area contributed by atoms with Gasteiger partial charge in [0.2, 0.25) is 0 Å². The molecule has 2 aliphatic rings. The van der Waals surface area contributed by atoms with Crippen molar-refractivity contribution < 1.29 is 4.74 Å². The normalized spacial score (nSPS) is 23.5. The molecule has 1 N–H and O–H groups in total. The number of hydrogen-bond acceptors (Lipinski definition) is 4. The van der Waals surface area contributed by atoms with Crippen LogP contribution in [0.4, 0.5) is 5.82 Å². The topological polar surface area (TPSA) is 54.0 Å². The zero-order valence-electron chi connectivity index (χ0n) is 13.6. The van der Waals surface area contributed by atoms with Crippen LogP contribution in [0.25, 0.3) is 0 Å². The number of H-pyrrole nitrogens is 1. The summed E-state index contributed by atoms with van der Waals surface area (Å²) in [5, 5.41) is 7.52. The van der Waals surface area contributed by atoms with E-state index in [-0.39, 0.29) is 0 Å². The molecule has 0 aromatic carbocycles. The third kappa shape index (κ3) is 3.40. The highest BCUT2D eigenvalue weighted by atomic mass is 16.5. The van der Waals surface area contributed by atoms with Gasteiger partial charge in [-0.15, -0.1) is 0 Å². The average Bonchev–Trinajstić information content (AvgIpc) is 2.81. The number of hydrogen-bond donors (Lipinski definition) is 1. The van der Waals surface area contributed by atoms with Crippen LogP contribution in [-0.4, -0.2) is 40.5 Å². The number of nitrogens with zero attached hydrogens (tertiary/aromatic N) is 3. The summed E-state index contributed by atoms with van der Waals surface area (Å²) in [4.78, 5) is 7.33. The molecule has 2 fully saturated rings. The summed E-state index contributed by atoms with van der Waals surface area (Å²) in [7, 11) is 0. The fourth-order valence-electron chi connectivity index (χ4n) is 3.33. The Labute approximate surface area is 132 Å². The standard InChI is InChI=1S/C17H26N4O/c1-3-4-5-14-10-17(19-13(2)8-9-18-20-14)21-15-6-7-16(21)12-22-11-15/h8-10,15-16,18H,3-7,11-12H2,1-2H3. The van der Waals surface area contributed by atoms with Gasteiger partial charge in [-0.05, 0) is 38.7 Å². The smallest absolute Gasteiger partial charge is 0.131 e. The maximum absolute atomic E-state index is 5.70. The monoisotopic (exact) mass is 302 g/mol. The molecule has 3 rings (SSSR count). The van der Waals surface area contributed by atoms with Gasteiger partial charge < -0.3 is 9.64 Å². The van der Waals surface area contributed by atoms with Crippen molar-refractivity contribution in [1.82, 2.24) is 15.2 Å². The second-order valence-electron chi connectivity index (χ2n) is 6.25. The van der Waals surface area contributed by atoms with Crippen molar-refractivity contribution in [3.8, 4) is 0 Å². The number of anilines is 1. The van der Waals surface area contributed by atoms with Crippen LogP contribution in [0.15, 0.2) is 18.3 Å². The average molecular weight is 302 g/mol. The van der Waals surface area contributed by atoms with E-state index in [0.29, 0.717) is 12.1 Å². The number of fused-ring (bicyclic) bond motifs is 2. The van der Waals surface area contributed by atoms with E-state index in [0.717, 1.165) is 43.3 Å². The number of aryl methyl sites for hydroxylation is 2. The summed E-state index contributed by atoms with van der Waals surface area (Å²) in [5.41, 5.74) is 2.07. The van der Waals surface area contributed by atoms with Crippen molar-refractivity contribution in [2.45, 2.75) is 58.0 Å². The highest BCUT2D eigenvalue weighted by molar-refractivity contribution is 5.44. The quantitative estimate of drug-likeness (QED) is 0.929. The highest BCUT2D eigenvalue weighted by Gasteiger charge is 2.38. The van der Waals surface area contributed by atoms with E-state index in [1.165, 1.54) is 19.3 Å². The molecule has 120 valence electrons. The molecule has 0 spiro atoms. The Kier molecular flexibility index (Phi) is 4.93. The molecule has 2 unspecified atom stereocenters. The lowest BCUT2D eigenvalue weighted by Gasteiger charge is -2.35. The lowest BCUT2D eigenvalue weighted by atomic mass is 10.2. The predicted molar refractivity (Wildman–Crippen MR) is 87.5 cm³/mol. The Balaban J connectivity index is 2.01. The molecule has 5 heteroatoms. The van der Waals surface area contributed by atoms with Crippen molar-refractivity contribution >= 4 is 5.82 Å². The molecule has 0 aliphatic carbocycles. The van der Waals surface area contributed by atoms with E-state index >= 15 is 0 Å². The summed E-state index contributed by atoms with van der Waals surface area (Å²) in [5.74, 6) is 1.05. The summed E-state index contributed by atoms with van der Waals surface area (Å²) < 4.78 is 5.70. The summed E-state index contributed by atoms with van der Waals surface area (Å²) in [6.45, 7) is 5.87. The van der Waals surface area contributed by atoms with Crippen LogP contribution >= 0.6 is 0 Å². The highest BCUT2D eigenvalue weighted by Crippen LogP contribution is 2.32. The molecule has 2 aliphatic heterocycles. The van der Waals surface area contributed by atoms with Gasteiger partial charge in [0.1, 0.15) is 5.82 Å². The third-order valence-electron chi connectivity index (χ3n) is 4.49. The number of aromatic nitrogens is 3. The molecule has 0 amide bonds. The Morgan fingerprint density at radius 3 is 2.82 bits per heavy atom. The van der Waals surface area contributed by atoms with E-state index < -0.39 is 0 Å². The van der Waals surface area contributed by atoms with Gasteiger partial charge >= 0.3 is 0 Å².